The van der Waals surface area contributed by atoms with Crippen LogP contribution in [0.2, 0.25) is 0 Å². The maximum atomic E-state index is 2.46. The molecule has 0 radical (unpaired) electrons. The van der Waals surface area contributed by atoms with Gasteiger partial charge in [-0.2, -0.15) is 0 Å². The third-order valence-corrected chi connectivity index (χ3v) is 12.9. The Morgan fingerprint density at radius 1 is 0.327 bits per heavy atom. The Morgan fingerprint density at radius 2 is 0.818 bits per heavy atom. The van der Waals surface area contributed by atoms with E-state index in [-0.39, 0.29) is 10.8 Å². The summed E-state index contributed by atoms with van der Waals surface area (Å²) >= 11 is 0. The summed E-state index contributed by atoms with van der Waals surface area (Å²) in [4.78, 5) is 2.46. The first-order valence-corrected chi connectivity index (χ1v) is 19.5. The van der Waals surface area contributed by atoms with E-state index >= 15 is 0 Å². The van der Waals surface area contributed by atoms with E-state index < -0.39 is 0 Å². The predicted octanol–water partition coefficient (Wildman–Crippen LogP) is 14.9. The number of anilines is 3. The van der Waals surface area contributed by atoms with Crippen molar-refractivity contribution in [3.8, 4) is 33.4 Å². The highest BCUT2D eigenvalue weighted by Crippen LogP contribution is 2.53. The lowest BCUT2D eigenvalue weighted by atomic mass is 9.82. The van der Waals surface area contributed by atoms with Gasteiger partial charge in [0.15, 0.2) is 0 Å². The van der Waals surface area contributed by atoms with Crippen molar-refractivity contribution in [2.24, 2.45) is 0 Å². The molecule has 0 atom stereocenters. The zero-order valence-corrected chi connectivity index (χ0v) is 31.7. The van der Waals surface area contributed by atoms with Gasteiger partial charge in [0.1, 0.15) is 0 Å². The van der Waals surface area contributed by atoms with Crippen LogP contribution in [-0.4, -0.2) is 0 Å². The quantitative estimate of drug-likeness (QED) is 0.165. The average Bonchev–Trinajstić information content (AvgIpc) is 3.59. The number of hydrogen-bond donors (Lipinski definition) is 0. The Hall–Kier alpha value is -6.44. The first-order chi connectivity index (χ1) is 26.8. The molecule has 2 aliphatic carbocycles. The lowest BCUT2D eigenvalue weighted by Crippen LogP contribution is -2.16. The summed E-state index contributed by atoms with van der Waals surface area (Å²) in [6, 6.07) is 65.9. The molecule has 0 N–H and O–H groups in total. The molecule has 0 heterocycles. The van der Waals surface area contributed by atoms with Gasteiger partial charge in [0, 0.05) is 27.9 Å². The minimum atomic E-state index is -0.0469. The normalized spacial score (nSPS) is 14.5. The molecular weight excluding hydrogens is 663 g/mol. The molecule has 0 fully saturated rings. The Bertz CT molecular complexity index is 2930. The van der Waals surface area contributed by atoms with Crippen LogP contribution in [0.4, 0.5) is 17.1 Å². The highest BCUT2D eigenvalue weighted by Gasteiger charge is 2.37. The monoisotopic (exact) mass is 703 g/mol. The van der Waals surface area contributed by atoms with Crippen molar-refractivity contribution < 1.29 is 0 Å². The van der Waals surface area contributed by atoms with E-state index in [1.807, 2.05) is 0 Å². The summed E-state index contributed by atoms with van der Waals surface area (Å²) in [5.74, 6) is 0. The SMILES string of the molecule is CC1(C)c2ccccc2-c2cc(N(c3ccc(-c4cccc5ccc6c7ccccc7ccc6c45)cc3)c3ccc4c(c3)-c3ccccc3C4(C)C)ccc21. The zero-order chi connectivity index (χ0) is 37.1. The van der Waals surface area contributed by atoms with Crippen LogP contribution in [0.25, 0.3) is 65.7 Å². The van der Waals surface area contributed by atoms with Gasteiger partial charge in [-0.05, 0) is 124 Å². The van der Waals surface area contributed by atoms with Crippen molar-refractivity contribution in [3.05, 3.63) is 198 Å². The van der Waals surface area contributed by atoms with Gasteiger partial charge in [-0.25, -0.2) is 0 Å². The van der Waals surface area contributed by atoms with Crippen LogP contribution in [0.5, 0.6) is 0 Å². The molecule has 0 unspecified atom stereocenters. The highest BCUT2D eigenvalue weighted by atomic mass is 15.1. The maximum absolute atomic E-state index is 2.46. The van der Waals surface area contributed by atoms with Crippen LogP contribution in [0.3, 0.4) is 0 Å². The van der Waals surface area contributed by atoms with Crippen LogP contribution in [0.1, 0.15) is 49.9 Å². The molecule has 9 aromatic rings. The molecule has 0 aromatic heterocycles. The van der Waals surface area contributed by atoms with Gasteiger partial charge >= 0.3 is 0 Å². The van der Waals surface area contributed by atoms with Crippen molar-refractivity contribution in [2.45, 2.75) is 38.5 Å². The van der Waals surface area contributed by atoms with Crippen molar-refractivity contribution in [3.63, 3.8) is 0 Å². The Morgan fingerprint density at radius 3 is 1.47 bits per heavy atom. The van der Waals surface area contributed by atoms with Gasteiger partial charge < -0.3 is 4.90 Å². The molecule has 1 heteroatoms. The lowest BCUT2D eigenvalue weighted by molar-refractivity contribution is 0.660. The standard InChI is InChI=1S/C54H41N/c1-53(2)48-18-9-7-15-43(48)46-32-38(26-30-50(46)53)55(39-27-31-51-47(33-39)44-16-8-10-19-49(44)54(51,3)4)37-24-20-35(21-25-37)41-17-11-13-36-23-28-42-40-14-6-5-12-34(40)22-29-45(42)52(36)41/h5-33H,1-4H3. The highest BCUT2D eigenvalue weighted by molar-refractivity contribution is 6.21. The van der Waals surface area contributed by atoms with Crippen LogP contribution in [-0.2, 0) is 10.8 Å². The third-order valence-electron chi connectivity index (χ3n) is 12.9. The molecule has 0 aliphatic heterocycles. The number of hydrogen-bond acceptors (Lipinski definition) is 1. The fourth-order valence-corrected chi connectivity index (χ4v) is 10.0. The van der Waals surface area contributed by atoms with Gasteiger partial charge in [0.05, 0.1) is 0 Å². The molecule has 262 valence electrons. The van der Waals surface area contributed by atoms with Crippen LogP contribution >= 0.6 is 0 Å². The molecule has 11 rings (SSSR count). The van der Waals surface area contributed by atoms with Gasteiger partial charge in [0.2, 0.25) is 0 Å². The number of nitrogens with zero attached hydrogens (tertiary/aromatic N) is 1. The molecular formula is C54H41N. The summed E-state index contributed by atoms with van der Waals surface area (Å²) in [7, 11) is 0. The first kappa shape index (κ1) is 32.0. The van der Waals surface area contributed by atoms with Gasteiger partial charge in [-0.1, -0.05) is 167 Å². The molecule has 0 saturated carbocycles. The second-order valence-corrected chi connectivity index (χ2v) is 16.5. The molecule has 0 amide bonds. The van der Waals surface area contributed by atoms with Crippen LogP contribution < -0.4 is 4.90 Å². The summed E-state index contributed by atoms with van der Waals surface area (Å²) in [6.45, 7) is 9.41. The Balaban J connectivity index is 1.09. The van der Waals surface area contributed by atoms with E-state index in [2.05, 4.69) is 209 Å². The fourth-order valence-electron chi connectivity index (χ4n) is 10.0. The van der Waals surface area contributed by atoms with Crippen LogP contribution in [0.15, 0.2) is 176 Å². The molecule has 0 spiro atoms. The molecule has 2 aliphatic rings. The van der Waals surface area contributed by atoms with Crippen LogP contribution in [0, 0.1) is 0 Å². The van der Waals surface area contributed by atoms with Gasteiger partial charge in [-0.15, -0.1) is 0 Å². The lowest BCUT2D eigenvalue weighted by Gasteiger charge is -2.28. The molecule has 0 bridgehead atoms. The van der Waals surface area contributed by atoms with Crippen molar-refractivity contribution in [1.29, 1.82) is 0 Å². The van der Waals surface area contributed by atoms with E-state index in [0.717, 1.165) is 17.1 Å². The van der Waals surface area contributed by atoms with E-state index in [0.29, 0.717) is 0 Å². The largest absolute Gasteiger partial charge is 0.310 e. The summed E-state index contributed by atoms with van der Waals surface area (Å²) in [6.07, 6.45) is 0. The zero-order valence-electron chi connectivity index (χ0n) is 31.7. The average molecular weight is 704 g/mol. The fraction of sp³-hybridized carbons (Fsp3) is 0.111. The molecule has 55 heavy (non-hydrogen) atoms. The molecule has 0 saturated heterocycles. The van der Waals surface area contributed by atoms with E-state index in [9.17, 15) is 0 Å². The Labute approximate surface area is 323 Å². The number of fused-ring (bicyclic) bond motifs is 11. The first-order valence-electron chi connectivity index (χ1n) is 19.5. The minimum absolute atomic E-state index is 0.0469. The van der Waals surface area contributed by atoms with Gasteiger partial charge in [0.25, 0.3) is 0 Å². The number of rotatable bonds is 4. The number of benzene rings is 9. The van der Waals surface area contributed by atoms with E-state index in [1.54, 1.807) is 0 Å². The van der Waals surface area contributed by atoms with Crippen molar-refractivity contribution >= 4 is 49.4 Å². The maximum Gasteiger partial charge on any atom is 0.0468 e. The van der Waals surface area contributed by atoms with Gasteiger partial charge in [-0.3, -0.25) is 0 Å². The van der Waals surface area contributed by atoms with Crippen molar-refractivity contribution in [1.82, 2.24) is 0 Å². The summed E-state index contributed by atoms with van der Waals surface area (Å²) in [5.41, 5.74) is 16.7. The van der Waals surface area contributed by atoms with E-state index in [4.69, 9.17) is 0 Å². The minimum Gasteiger partial charge on any atom is -0.310 e. The second kappa shape index (κ2) is 11.5. The third kappa shape index (κ3) is 4.60. The predicted molar refractivity (Wildman–Crippen MR) is 234 cm³/mol. The summed E-state index contributed by atoms with van der Waals surface area (Å²) < 4.78 is 0. The molecule has 9 aromatic carbocycles. The van der Waals surface area contributed by atoms with E-state index in [1.165, 1.54) is 88.0 Å². The summed E-state index contributed by atoms with van der Waals surface area (Å²) in [5, 5.41) is 7.71. The van der Waals surface area contributed by atoms with Crippen molar-refractivity contribution in [2.75, 3.05) is 4.90 Å². The Kier molecular flexibility index (Phi) is 6.72. The smallest absolute Gasteiger partial charge is 0.0468 e. The molecule has 1 nitrogen and oxygen atoms in total. The second-order valence-electron chi connectivity index (χ2n) is 16.5. The topological polar surface area (TPSA) is 3.24 Å².